The lowest BCUT2D eigenvalue weighted by Crippen LogP contribution is -2.42. The van der Waals surface area contributed by atoms with Gasteiger partial charge in [0.05, 0.1) is 11.6 Å². The van der Waals surface area contributed by atoms with Crippen molar-refractivity contribution in [3.05, 3.63) is 68.7 Å². The third-order valence-electron chi connectivity index (χ3n) is 6.08. The molecule has 1 aromatic carbocycles. The van der Waals surface area contributed by atoms with Gasteiger partial charge in [-0.1, -0.05) is 30.7 Å². The normalized spacial score (nSPS) is 19.1. The van der Waals surface area contributed by atoms with Gasteiger partial charge < -0.3 is 25.5 Å². The number of aliphatic hydroxyl groups is 1. The number of rotatable bonds is 7. The maximum atomic E-state index is 14.3. The van der Waals surface area contributed by atoms with Crippen molar-refractivity contribution in [2.75, 3.05) is 26.7 Å². The lowest BCUT2D eigenvalue weighted by Gasteiger charge is -2.34. The molecule has 1 atom stereocenters. The molecule has 0 radical (unpaired) electrons. The fraction of sp³-hybridized carbons (Fsp3) is 0.417. The van der Waals surface area contributed by atoms with Crippen LogP contribution in [0.1, 0.15) is 32.8 Å². The maximum absolute atomic E-state index is 14.3. The third kappa shape index (κ3) is 4.54. The summed E-state index contributed by atoms with van der Waals surface area (Å²) in [5, 5.41) is 16.4. The van der Waals surface area contributed by atoms with E-state index in [1.807, 2.05) is 13.8 Å². The van der Waals surface area contributed by atoms with E-state index in [0.29, 0.717) is 31.8 Å². The molecule has 10 heteroatoms. The summed E-state index contributed by atoms with van der Waals surface area (Å²) in [6.07, 6.45) is 2.20. The standard InChI is InChI=1S/C24H29ClF2N4O3/c1-5-14-17(23(33)29-12-13-8-9-15(26)18(25)19(13)27)20-16(28-6-2)10-11-31(20)21(22(14)32)24(34)30(4)7-3/h5,8-9,16,28,32H,6-7,10-12H2,1-4H3,(H,29,33)/b14-5+. The Bertz CT molecular complexity index is 1100. The van der Waals surface area contributed by atoms with Gasteiger partial charge in [-0.05, 0) is 32.9 Å². The average Bonchev–Trinajstić information content (AvgIpc) is 3.23. The monoisotopic (exact) mass is 494 g/mol. The zero-order chi connectivity index (χ0) is 25.2. The largest absolute Gasteiger partial charge is 0.505 e. The number of hydrogen-bond acceptors (Lipinski definition) is 5. The van der Waals surface area contributed by atoms with Crippen LogP contribution in [0.2, 0.25) is 5.02 Å². The van der Waals surface area contributed by atoms with Gasteiger partial charge in [0.15, 0.2) is 5.76 Å². The first-order valence-electron chi connectivity index (χ1n) is 11.2. The van der Waals surface area contributed by atoms with E-state index in [0.717, 1.165) is 6.07 Å². The van der Waals surface area contributed by atoms with Gasteiger partial charge in [-0.3, -0.25) is 9.59 Å². The molecule has 1 fully saturated rings. The Balaban J connectivity index is 2.03. The Kier molecular flexibility index (Phi) is 7.99. The molecule has 1 aromatic rings. The van der Waals surface area contributed by atoms with Crippen molar-refractivity contribution in [2.24, 2.45) is 0 Å². The van der Waals surface area contributed by atoms with Crippen LogP contribution in [0.15, 0.2) is 46.5 Å². The van der Waals surface area contributed by atoms with E-state index in [9.17, 15) is 23.5 Å². The van der Waals surface area contributed by atoms with Crippen molar-refractivity contribution in [2.45, 2.75) is 39.8 Å². The van der Waals surface area contributed by atoms with Gasteiger partial charge in [0.2, 0.25) is 0 Å². The maximum Gasteiger partial charge on any atom is 0.274 e. The Hall–Kier alpha value is -2.91. The number of halogens is 3. The predicted molar refractivity (Wildman–Crippen MR) is 126 cm³/mol. The molecule has 7 nitrogen and oxygen atoms in total. The van der Waals surface area contributed by atoms with Crippen LogP contribution >= 0.6 is 11.6 Å². The number of benzene rings is 1. The second-order valence-electron chi connectivity index (χ2n) is 8.05. The van der Waals surface area contributed by atoms with Crippen molar-refractivity contribution >= 4 is 23.4 Å². The number of hydrogen-bond donors (Lipinski definition) is 3. The summed E-state index contributed by atoms with van der Waals surface area (Å²) >= 11 is 5.65. The van der Waals surface area contributed by atoms with E-state index < -0.39 is 22.6 Å². The molecule has 0 aliphatic carbocycles. The van der Waals surface area contributed by atoms with E-state index >= 15 is 0 Å². The predicted octanol–water partition coefficient (Wildman–Crippen LogP) is 3.38. The summed E-state index contributed by atoms with van der Waals surface area (Å²) in [7, 11) is 1.64. The van der Waals surface area contributed by atoms with Crippen molar-refractivity contribution in [3.8, 4) is 0 Å². The number of likely N-dealkylation sites (N-methyl/N-ethyl adjacent to an activating group) is 2. The number of fused-ring (bicyclic) bond motifs is 1. The molecule has 0 saturated carbocycles. The molecule has 2 amide bonds. The minimum absolute atomic E-state index is 0.0231. The molecule has 2 heterocycles. The molecule has 184 valence electrons. The second kappa shape index (κ2) is 10.6. The summed E-state index contributed by atoms with van der Waals surface area (Å²) < 4.78 is 27.8. The van der Waals surface area contributed by atoms with Gasteiger partial charge in [0.1, 0.15) is 22.4 Å². The van der Waals surface area contributed by atoms with E-state index in [1.165, 1.54) is 11.0 Å². The van der Waals surface area contributed by atoms with Crippen molar-refractivity contribution in [1.82, 2.24) is 20.4 Å². The van der Waals surface area contributed by atoms with Crippen LogP contribution in [0.3, 0.4) is 0 Å². The molecule has 34 heavy (non-hydrogen) atoms. The first-order chi connectivity index (χ1) is 16.2. The highest BCUT2D eigenvalue weighted by Crippen LogP contribution is 2.40. The van der Waals surface area contributed by atoms with Crippen LogP contribution in [0.25, 0.3) is 0 Å². The van der Waals surface area contributed by atoms with Gasteiger partial charge in [0.25, 0.3) is 11.8 Å². The van der Waals surface area contributed by atoms with Crippen LogP contribution in [0.5, 0.6) is 0 Å². The molecular formula is C24H29ClF2N4O3. The van der Waals surface area contributed by atoms with Crippen LogP contribution in [0.4, 0.5) is 8.78 Å². The van der Waals surface area contributed by atoms with E-state index in [2.05, 4.69) is 10.6 Å². The molecule has 1 saturated heterocycles. The van der Waals surface area contributed by atoms with Gasteiger partial charge in [-0.25, -0.2) is 8.78 Å². The highest BCUT2D eigenvalue weighted by Gasteiger charge is 2.43. The summed E-state index contributed by atoms with van der Waals surface area (Å²) in [6.45, 7) is 6.71. The highest BCUT2D eigenvalue weighted by molar-refractivity contribution is 6.31. The third-order valence-corrected chi connectivity index (χ3v) is 6.43. The average molecular weight is 495 g/mol. The minimum Gasteiger partial charge on any atom is -0.505 e. The highest BCUT2D eigenvalue weighted by atomic mass is 35.5. The van der Waals surface area contributed by atoms with E-state index in [1.54, 1.807) is 24.9 Å². The molecule has 1 unspecified atom stereocenters. The molecule has 3 N–H and O–H groups in total. The number of allylic oxidation sites excluding steroid dienone is 2. The number of nitrogens with one attached hydrogen (secondary N) is 2. The van der Waals surface area contributed by atoms with Gasteiger partial charge >= 0.3 is 0 Å². The van der Waals surface area contributed by atoms with Crippen molar-refractivity contribution in [3.63, 3.8) is 0 Å². The first kappa shape index (κ1) is 25.7. The first-order valence-corrected chi connectivity index (χ1v) is 11.6. The number of nitrogens with zero attached hydrogens (tertiary/aromatic N) is 2. The SMILES string of the molecule is C/C=C1/C(O)=C(C(=O)N(C)CC)N2CCC(NCC)C2=C1C(=O)NCc1ccc(F)c(Cl)c1F. The zero-order valence-electron chi connectivity index (χ0n) is 19.6. The van der Waals surface area contributed by atoms with Crippen molar-refractivity contribution < 1.29 is 23.5 Å². The minimum atomic E-state index is -0.944. The number of carbonyl (C=O) groups is 2. The molecule has 3 rings (SSSR count). The quantitative estimate of drug-likeness (QED) is 0.506. The number of carbonyl (C=O) groups excluding carboxylic acids is 2. The zero-order valence-corrected chi connectivity index (χ0v) is 20.4. The van der Waals surface area contributed by atoms with Crippen LogP contribution < -0.4 is 10.6 Å². The Morgan fingerprint density at radius 3 is 2.65 bits per heavy atom. The van der Waals surface area contributed by atoms with Gasteiger partial charge in [-0.15, -0.1) is 0 Å². The molecule has 0 bridgehead atoms. The number of aliphatic hydroxyl groups excluding tert-OH is 1. The van der Waals surface area contributed by atoms with Crippen LogP contribution in [-0.2, 0) is 16.1 Å². The molecule has 2 aliphatic heterocycles. The topological polar surface area (TPSA) is 84.9 Å². The summed E-state index contributed by atoms with van der Waals surface area (Å²) in [5.41, 5.74) is 1.15. The van der Waals surface area contributed by atoms with Crippen LogP contribution in [-0.4, -0.2) is 59.4 Å². The Labute approximate surface area is 202 Å². The van der Waals surface area contributed by atoms with E-state index in [4.69, 9.17) is 11.6 Å². The number of amides is 2. The molecular weight excluding hydrogens is 466 g/mol. The molecule has 0 aromatic heterocycles. The fourth-order valence-electron chi connectivity index (χ4n) is 4.23. The van der Waals surface area contributed by atoms with Gasteiger partial charge in [0, 0.05) is 43.5 Å². The smallest absolute Gasteiger partial charge is 0.274 e. The molecule has 2 aliphatic rings. The molecule has 0 spiro atoms. The van der Waals surface area contributed by atoms with Crippen LogP contribution in [0, 0.1) is 11.6 Å². The summed E-state index contributed by atoms with van der Waals surface area (Å²) in [6, 6.07) is 2.02. The second-order valence-corrected chi connectivity index (χ2v) is 8.42. The Morgan fingerprint density at radius 1 is 1.32 bits per heavy atom. The fourth-order valence-corrected chi connectivity index (χ4v) is 4.41. The van der Waals surface area contributed by atoms with E-state index in [-0.39, 0.29) is 46.7 Å². The lowest BCUT2D eigenvalue weighted by molar-refractivity contribution is -0.127. The Morgan fingerprint density at radius 2 is 2.03 bits per heavy atom. The summed E-state index contributed by atoms with van der Waals surface area (Å²) in [4.78, 5) is 29.7. The summed E-state index contributed by atoms with van der Waals surface area (Å²) in [5.74, 6) is -3.02. The van der Waals surface area contributed by atoms with Gasteiger partial charge in [-0.2, -0.15) is 0 Å². The lowest BCUT2D eigenvalue weighted by atomic mass is 9.92. The van der Waals surface area contributed by atoms with Crippen molar-refractivity contribution in [1.29, 1.82) is 0 Å².